The van der Waals surface area contributed by atoms with Crippen molar-refractivity contribution in [3.05, 3.63) is 448 Å². The predicted molar refractivity (Wildman–Crippen MR) is 637 cm³/mol. The first-order valence-electron chi connectivity index (χ1n) is 53.3. The highest BCUT2D eigenvalue weighted by Gasteiger charge is 2.19. The number of hydrogen-bond acceptors (Lipinski definition) is 16. The van der Waals surface area contributed by atoms with E-state index in [0.717, 1.165) is 119 Å². The van der Waals surface area contributed by atoms with Gasteiger partial charge in [-0.1, -0.05) is 441 Å². The fraction of sp³-hybridized carbons (Fsp3) is 0.290. The van der Waals surface area contributed by atoms with Gasteiger partial charge >= 0.3 is 11.6 Å². The molecule has 0 amide bonds. The molecule has 0 bridgehead atoms. The number of benzene rings is 13. The van der Waals surface area contributed by atoms with E-state index in [2.05, 4.69) is 150 Å². The van der Waals surface area contributed by atoms with Crippen LogP contribution in [0.5, 0.6) is 17.2 Å². The molecular formula is C131H167N7O8S. The summed E-state index contributed by atoms with van der Waals surface area (Å²) in [7, 11) is 0. The summed E-state index contributed by atoms with van der Waals surface area (Å²) < 4.78 is 31.8. The lowest BCUT2D eigenvalue weighted by molar-refractivity contribution is -0.131. The molecule has 5 aromatic heterocycles. The molecule has 0 fully saturated rings. The average Bonchev–Trinajstić information content (AvgIpc) is 1.81. The number of pyridine rings is 1. The number of carbonyl (C=O) groups excluding carboxylic acids is 1. The van der Waals surface area contributed by atoms with Crippen LogP contribution < -0.4 is 19.8 Å². The molecule has 0 N–H and O–H groups in total. The van der Waals surface area contributed by atoms with Crippen LogP contribution in [0.4, 0.5) is 11.4 Å². The van der Waals surface area contributed by atoms with E-state index in [4.69, 9.17) is 27.5 Å². The van der Waals surface area contributed by atoms with E-state index in [1.807, 2.05) is 423 Å². The molecule has 0 atom stereocenters. The molecular weight excluding hydrogens is 1830 g/mol. The minimum Gasteiger partial charge on any atom is -0.493 e. The summed E-state index contributed by atoms with van der Waals surface area (Å²) in [6.45, 7) is 55.4. The lowest BCUT2D eigenvalue weighted by atomic mass is 10.1. The maximum Gasteiger partial charge on any atom is 0.336 e. The summed E-state index contributed by atoms with van der Waals surface area (Å²) in [5, 5.41) is 11.1. The van der Waals surface area contributed by atoms with E-state index in [9.17, 15) is 9.59 Å². The van der Waals surface area contributed by atoms with Crippen LogP contribution in [0.3, 0.4) is 0 Å². The smallest absolute Gasteiger partial charge is 0.336 e. The van der Waals surface area contributed by atoms with E-state index in [0.29, 0.717) is 17.8 Å². The molecule has 18 aromatic rings. The molecule has 16 heteroatoms. The van der Waals surface area contributed by atoms with Gasteiger partial charge in [0.1, 0.15) is 33.9 Å². The Morgan fingerprint density at radius 2 is 0.769 bits per heavy atom. The number of ether oxygens (including phenoxy) is 3. The molecule has 26 rings (SSSR count). The lowest BCUT2D eigenvalue weighted by Gasteiger charge is -1.93. The predicted octanol–water partition coefficient (Wildman–Crippen LogP) is 38.6. The first-order valence-corrected chi connectivity index (χ1v) is 54.2. The van der Waals surface area contributed by atoms with Crippen molar-refractivity contribution >= 4 is 101 Å². The summed E-state index contributed by atoms with van der Waals surface area (Å²) in [5.74, 6) is 2.70. The minimum atomic E-state index is -0.302. The number of aryl methyl sites for hydroxylation is 2. The third kappa shape index (κ3) is 48.6. The molecule has 0 saturated carbocycles. The third-order valence-corrected chi connectivity index (χ3v) is 20.6. The number of allylic oxidation sites excluding steroid dienone is 1. The van der Waals surface area contributed by atoms with Gasteiger partial charge < -0.3 is 27.5 Å². The second kappa shape index (κ2) is 86.6. The standard InChI is InChI=1S/C9H7N.C9H6O2.C9H10.C9H8.2C8H7N.C8H6O2.2C8H8O.C8H6O.C7H6N2.C7H5NO.C7H5NS.13C2H6/c1-2-6-9-8(4-1)5-3-7-10-9;10-9-6-5-7-3-1-2-4-8(7)11-9;2*1-2-5-9-7-3-6-8(9)4-1;1-2-4-8-6-9-5-7(8)3-1;1-2-4-8-7(3-1)5-6-9-8;9-8-5-6-3-1-2-4-7(6)10-8;3*1-2-4-8-7(3-1)5-6-9-8;1-2-4-7-6(3-1)5-8-9-7;2*1-2-4-7-6(3-1)8-5-9-7;13*1-2/h1-7H;1-6H;1-2,4-5H,3,6-7H2;1-6H,7H2;1-5H,6H2;1-4,6H,5H2;1-4H,5H2;2*1-4H,5-6H2;1-6H;1-4H,5H2;2*1-5H;13*1-2H3. The van der Waals surface area contributed by atoms with Crippen molar-refractivity contribution in [3.63, 3.8) is 0 Å². The highest BCUT2D eigenvalue weighted by molar-refractivity contribution is 7.16. The zero-order valence-corrected chi connectivity index (χ0v) is 93.6. The molecule has 780 valence electrons. The zero-order valence-electron chi connectivity index (χ0n) is 92.8. The summed E-state index contributed by atoms with van der Waals surface area (Å²) >= 11 is 1.68. The van der Waals surface area contributed by atoms with Gasteiger partial charge in [0.2, 0.25) is 0 Å². The zero-order chi connectivity index (χ0) is 109. The number of fused-ring (bicyclic) bond motifs is 13. The number of rotatable bonds is 0. The van der Waals surface area contributed by atoms with E-state index in [1.165, 1.54) is 86.3 Å². The summed E-state index contributed by atoms with van der Waals surface area (Å²) in [4.78, 5) is 42.0. The Morgan fingerprint density at radius 3 is 1.31 bits per heavy atom. The molecule has 6 aliphatic heterocycles. The molecule has 147 heavy (non-hydrogen) atoms. The maximum absolute atomic E-state index is 10.7. The number of thiazole rings is 1. The van der Waals surface area contributed by atoms with Crippen molar-refractivity contribution in [1.82, 2.24) is 15.0 Å². The number of oxazole rings is 1. The van der Waals surface area contributed by atoms with E-state index in [1.54, 1.807) is 46.9 Å². The van der Waals surface area contributed by atoms with Crippen molar-refractivity contribution in [2.75, 3.05) is 13.2 Å². The van der Waals surface area contributed by atoms with Gasteiger partial charge in [-0.15, -0.1) is 11.3 Å². The highest BCUT2D eigenvalue weighted by atomic mass is 32.1. The van der Waals surface area contributed by atoms with Gasteiger partial charge in [-0.25, -0.2) is 14.8 Å². The molecule has 0 unspecified atom stereocenters. The van der Waals surface area contributed by atoms with Gasteiger partial charge in [-0.2, -0.15) is 10.2 Å². The summed E-state index contributed by atoms with van der Waals surface area (Å²) in [5.41, 5.74) is 24.1. The van der Waals surface area contributed by atoms with Crippen LogP contribution in [-0.2, 0) is 62.8 Å². The van der Waals surface area contributed by atoms with Crippen LogP contribution in [0.2, 0.25) is 0 Å². The number of hydrogen-bond donors (Lipinski definition) is 0. The highest BCUT2D eigenvalue weighted by Crippen LogP contribution is 2.29. The van der Waals surface area contributed by atoms with E-state index < -0.39 is 0 Å². The second-order valence-electron chi connectivity index (χ2n) is 28.0. The molecule has 0 radical (unpaired) electrons. The Hall–Kier alpha value is -14.9. The Labute approximate surface area is 885 Å². The first kappa shape index (κ1) is 130. The van der Waals surface area contributed by atoms with E-state index in [-0.39, 0.29) is 11.6 Å². The third-order valence-electron chi connectivity index (χ3n) is 19.8. The number of para-hydroxylation sites is 10. The fourth-order valence-electron chi connectivity index (χ4n) is 13.6. The number of furan rings is 1. The summed E-state index contributed by atoms with van der Waals surface area (Å²) in [6.07, 6.45) is 21.9. The van der Waals surface area contributed by atoms with Crippen LogP contribution in [0, 0.1) is 0 Å². The van der Waals surface area contributed by atoms with Crippen LogP contribution >= 0.6 is 11.3 Å². The normalized spacial score (nSPS) is 11.0. The molecule has 0 saturated heterocycles. The topological polar surface area (TPSA) is 189 Å². The van der Waals surface area contributed by atoms with Gasteiger partial charge in [0.25, 0.3) is 0 Å². The SMILES string of the molecule is C1=Cc2ccccc2C1.C1=NCc2ccccc21.C1=Nc2ccccc2C1.CC.CC.CC.CC.CC.CC.CC.CC.CC.CC.CC.CC.CC.O=C1Cc2ccccc2O1.O=c1ccc2ccccc2o1.c1ccc2c(c1)CCC2.c1ccc2c(c1)CCO2.c1ccc2c(c1)CCO2.c1ccc2c(c1)CN=N2.c1ccc2ncccc2c1.c1ccc2occc2c1.c1ccc2ocnc2c1.c1ccc2scnc2c1. The minimum absolute atomic E-state index is 0.152. The molecule has 2 aliphatic carbocycles. The number of esters is 1. The monoisotopic (exact) mass is 2000 g/mol. The number of azo groups is 1. The molecule has 8 aliphatic rings. The largest absolute Gasteiger partial charge is 0.493 e. The van der Waals surface area contributed by atoms with Crippen LogP contribution in [-0.4, -0.2) is 46.6 Å². The quantitative estimate of drug-likeness (QED) is 0.0798. The van der Waals surface area contributed by atoms with Gasteiger partial charge in [-0.05, 0) is 167 Å². The van der Waals surface area contributed by atoms with Crippen molar-refractivity contribution in [1.29, 1.82) is 0 Å². The van der Waals surface area contributed by atoms with Gasteiger partial charge in [0, 0.05) is 71.2 Å². The molecule has 13 aromatic carbocycles. The number of aromatic nitrogens is 3. The molecule has 15 nitrogen and oxygen atoms in total. The number of carbonyl (C=O) groups is 1. The average molecular weight is 2000 g/mol. The van der Waals surface area contributed by atoms with Crippen LogP contribution in [0.1, 0.15) is 248 Å². The van der Waals surface area contributed by atoms with E-state index >= 15 is 0 Å². The Bertz CT molecular complexity index is 5770. The van der Waals surface area contributed by atoms with Crippen molar-refractivity contribution in [2.24, 2.45) is 20.2 Å². The van der Waals surface area contributed by atoms with Crippen molar-refractivity contribution in [2.45, 2.75) is 244 Å². The first-order chi connectivity index (χ1) is 72.8. The molecule has 11 heterocycles. The summed E-state index contributed by atoms with van der Waals surface area (Å²) in [6, 6.07) is 114. The van der Waals surface area contributed by atoms with Crippen molar-refractivity contribution in [3.8, 4) is 17.2 Å². The van der Waals surface area contributed by atoms with Gasteiger partial charge in [0.15, 0.2) is 12.0 Å². The maximum atomic E-state index is 10.7. The second-order valence-corrected chi connectivity index (χ2v) is 28.9. The van der Waals surface area contributed by atoms with Gasteiger partial charge in [0.05, 0.1) is 71.6 Å². The number of nitrogens with zero attached hydrogens (tertiary/aromatic N) is 7. The van der Waals surface area contributed by atoms with Crippen molar-refractivity contribution < 1.29 is 32.3 Å². The Kier molecular flexibility index (Phi) is 76.7. The number of aliphatic imine (C=N–C) groups is 2. The van der Waals surface area contributed by atoms with Crippen LogP contribution in [0.15, 0.2) is 414 Å². The van der Waals surface area contributed by atoms with Gasteiger partial charge in [-0.3, -0.25) is 19.8 Å². The Morgan fingerprint density at radius 1 is 0.313 bits per heavy atom. The lowest BCUT2D eigenvalue weighted by Crippen LogP contribution is -1.99. The van der Waals surface area contributed by atoms with Crippen LogP contribution in [0.25, 0.3) is 60.2 Å². The fourth-order valence-corrected chi connectivity index (χ4v) is 14.3. The Balaban J connectivity index is 0.000000781. The molecule has 0 spiro atoms.